The summed E-state index contributed by atoms with van der Waals surface area (Å²) in [6.45, 7) is 2.14. The molecule has 0 spiro atoms. The van der Waals surface area contributed by atoms with Crippen LogP contribution in [0.15, 0.2) is 0 Å². The van der Waals surface area contributed by atoms with Gasteiger partial charge in [-0.2, -0.15) is 13.2 Å². The molecule has 2 rings (SSSR count). The minimum absolute atomic E-state index is 0.0296. The molecule has 8 heteroatoms. The molecular weight excluding hydrogens is 287 g/mol. The van der Waals surface area contributed by atoms with Gasteiger partial charge in [0, 0.05) is 25.6 Å². The summed E-state index contributed by atoms with van der Waals surface area (Å²) in [7, 11) is 0. The van der Waals surface area contributed by atoms with E-state index >= 15 is 0 Å². The highest BCUT2D eigenvalue weighted by Gasteiger charge is 2.41. The van der Waals surface area contributed by atoms with Crippen LogP contribution in [0.2, 0.25) is 0 Å². The van der Waals surface area contributed by atoms with E-state index in [0.717, 1.165) is 13.0 Å². The van der Waals surface area contributed by atoms with Crippen LogP contribution >= 0.6 is 0 Å². The van der Waals surface area contributed by atoms with Crippen LogP contribution in [0.4, 0.5) is 13.2 Å². The van der Waals surface area contributed by atoms with Gasteiger partial charge < -0.3 is 15.5 Å². The van der Waals surface area contributed by atoms with E-state index in [1.807, 2.05) is 6.92 Å². The van der Waals surface area contributed by atoms with Gasteiger partial charge in [-0.3, -0.25) is 9.59 Å². The predicted molar refractivity (Wildman–Crippen MR) is 69.3 cm³/mol. The molecule has 0 aromatic heterocycles. The van der Waals surface area contributed by atoms with Crippen molar-refractivity contribution in [2.24, 2.45) is 11.8 Å². The first-order valence-corrected chi connectivity index (χ1v) is 7.12. The second kappa shape index (κ2) is 6.21. The maximum atomic E-state index is 12.3. The fourth-order valence-electron chi connectivity index (χ4n) is 2.80. The van der Waals surface area contributed by atoms with Crippen molar-refractivity contribution in [3.8, 4) is 0 Å². The molecule has 2 heterocycles. The Morgan fingerprint density at radius 1 is 1.48 bits per heavy atom. The van der Waals surface area contributed by atoms with Crippen molar-refractivity contribution >= 4 is 11.8 Å². The summed E-state index contributed by atoms with van der Waals surface area (Å²) in [4.78, 5) is 24.4. The number of hydrogen-bond acceptors (Lipinski definition) is 3. The summed E-state index contributed by atoms with van der Waals surface area (Å²) < 4.78 is 37.0. The predicted octanol–water partition coefficient (Wildman–Crippen LogP) is 0.511. The van der Waals surface area contributed by atoms with E-state index in [1.54, 1.807) is 0 Å². The molecule has 21 heavy (non-hydrogen) atoms. The molecule has 3 unspecified atom stereocenters. The molecule has 0 radical (unpaired) electrons. The lowest BCUT2D eigenvalue weighted by atomic mass is 9.94. The Morgan fingerprint density at radius 3 is 2.81 bits per heavy atom. The molecule has 0 aromatic carbocycles. The monoisotopic (exact) mass is 307 g/mol. The van der Waals surface area contributed by atoms with Crippen molar-refractivity contribution in [2.45, 2.75) is 32.0 Å². The van der Waals surface area contributed by atoms with Gasteiger partial charge in [-0.05, 0) is 18.9 Å². The summed E-state index contributed by atoms with van der Waals surface area (Å²) in [6, 6.07) is -0.0296. The topological polar surface area (TPSA) is 61.4 Å². The Kier molecular flexibility index (Phi) is 4.75. The van der Waals surface area contributed by atoms with Crippen molar-refractivity contribution in [1.29, 1.82) is 0 Å². The van der Waals surface area contributed by atoms with Crippen LogP contribution in [0, 0.1) is 11.8 Å². The number of carbonyl (C=O) groups is 2. The average molecular weight is 307 g/mol. The normalized spacial score (nSPS) is 30.6. The third-order valence-electron chi connectivity index (χ3n) is 4.11. The number of rotatable bonds is 3. The minimum Gasteiger partial charge on any atom is -0.352 e. The van der Waals surface area contributed by atoms with Crippen LogP contribution in [0.3, 0.4) is 0 Å². The Balaban J connectivity index is 1.88. The van der Waals surface area contributed by atoms with Crippen molar-refractivity contribution < 1.29 is 22.8 Å². The summed E-state index contributed by atoms with van der Waals surface area (Å²) in [5, 5.41) is 6.02. The number of nitrogens with zero attached hydrogens (tertiary/aromatic N) is 1. The third kappa shape index (κ3) is 4.33. The van der Waals surface area contributed by atoms with Crippen molar-refractivity contribution in [1.82, 2.24) is 15.5 Å². The minimum atomic E-state index is -4.43. The Labute approximate surface area is 121 Å². The molecule has 2 aliphatic heterocycles. The molecule has 0 aliphatic carbocycles. The van der Waals surface area contributed by atoms with Crippen LogP contribution in [-0.4, -0.2) is 55.1 Å². The van der Waals surface area contributed by atoms with E-state index in [9.17, 15) is 22.8 Å². The van der Waals surface area contributed by atoms with E-state index in [4.69, 9.17) is 0 Å². The Bertz CT molecular complexity index is 414. The number of amides is 2. The number of carbonyl (C=O) groups excluding carboxylic acids is 2. The highest BCUT2D eigenvalue weighted by atomic mass is 19.4. The van der Waals surface area contributed by atoms with Crippen LogP contribution in [-0.2, 0) is 9.59 Å². The van der Waals surface area contributed by atoms with Crippen LogP contribution in [0.25, 0.3) is 0 Å². The maximum absolute atomic E-state index is 12.3. The van der Waals surface area contributed by atoms with Crippen molar-refractivity contribution in [3.63, 3.8) is 0 Å². The van der Waals surface area contributed by atoms with Gasteiger partial charge in [0.15, 0.2) is 0 Å². The summed E-state index contributed by atoms with van der Waals surface area (Å²) in [5.74, 6) is -1.30. The molecule has 2 amide bonds. The molecule has 0 bridgehead atoms. The van der Waals surface area contributed by atoms with Crippen LogP contribution < -0.4 is 10.6 Å². The Hall–Kier alpha value is -1.31. The third-order valence-corrected chi connectivity index (χ3v) is 4.11. The van der Waals surface area contributed by atoms with Crippen LogP contribution in [0.5, 0.6) is 0 Å². The van der Waals surface area contributed by atoms with Gasteiger partial charge in [0.25, 0.3) is 0 Å². The highest BCUT2D eigenvalue weighted by molar-refractivity contribution is 5.89. The first-order valence-electron chi connectivity index (χ1n) is 7.12. The molecule has 2 aliphatic rings. The van der Waals surface area contributed by atoms with E-state index in [-0.39, 0.29) is 24.9 Å². The number of piperidine rings is 1. The van der Waals surface area contributed by atoms with E-state index in [2.05, 4.69) is 10.6 Å². The zero-order chi connectivity index (χ0) is 15.6. The lowest BCUT2D eigenvalue weighted by molar-refractivity contribution is -0.157. The smallest absolute Gasteiger partial charge is 0.352 e. The number of alkyl halides is 3. The van der Waals surface area contributed by atoms with E-state index in [1.165, 1.54) is 0 Å². The van der Waals surface area contributed by atoms with Gasteiger partial charge in [-0.15, -0.1) is 0 Å². The molecule has 120 valence electrons. The summed E-state index contributed by atoms with van der Waals surface area (Å²) in [5.41, 5.74) is 0. The molecule has 0 saturated carbocycles. The number of hydrogen-bond donors (Lipinski definition) is 2. The van der Waals surface area contributed by atoms with E-state index in [0.29, 0.717) is 17.4 Å². The maximum Gasteiger partial charge on any atom is 0.406 e. The standard InChI is InChI=1S/C13H20F3N3O2/c1-8-2-3-17-5-10(8)18-12(21)9-4-11(20)19(6-9)7-13(14,15)16/h8-10,17H,2-7H2,1H3,(H,18,21). The molecule has 0 aromatic rings. The van der Waals surface area contributed by atoms with Gasteiger partial charge in [-0.25, -0.2) is 0 Å². The molecule has 2 fully saturated rings. The van der Waals surface area contributed by atoms with Gasteiger partial charge in [-0.1, -0.05) is 6.92 Å². The first-order chi connectivity index (χ1) is 9.76. The quantitative estimate of drug-likeness (QED) is 0.799. The van der Waals surface area contributed by atoms with Gasteiger partial charge in [0.05, 0.1) is 5.92 Å². The molecular formula is C13H20F3N3O2. The first kappa shape index (κ1) is 16.1. The zero-order valence-corrected chi connectivity index (χ0v) is 11.9. The number of nitrogens with one attached hydrogen (secondary N) is 2. The SMILES string of the molecule is CC1CCNCC1NC(=O)C1CC(=O)N(CC(F)(F)F)C1. The largest absolute Gasteiger partial charge is 0.406 e. The van der Waals surface area contributed by atoms with Gasteiger partial charge in [0.2, 0.25) is 11.8 Å². The number of halogens is 3. The van der Waals surface area contributed by atoms with Crippen molar-refractivity contribution in [3.05, 3.63) is 0 Å². The summed E-state index contributed by atoms with van der Waals surface area (Å²) >= 11 is 0. The lowest BCUT2D eigenvalue weighted by Crippen LogP contribution is -2.51. The fourth-order valence-corrected chi connectivity index (χ4v) is 2.80. The van der Waals surface area contributed by atoms with Crippen molar-refractivity contribution in [2.75, 3.05) is 26.2 Å². The second-order valence-electron chi connectivity index (χ2n) is 5.88. The van der Waals surface area contributed by atoms with Gasteiger partial charge in [0.1, 0.15) is 6.54 Å². The Morgan fingerprint density at radius 2 is 2.19 bits per heavy atom. The molecule has 2 N–H and O–H groups in total. The van der Waals surface area contributed by atoms with E-state index < -0.39 is 24.5 Å². The van der Waals surface area contributed by atoms with Gasteiger partial charge >= 0.3 is 6.18 Å². The van der Waals surface area contributed by atoms with Crippen LogP contribution in [0.1, 0.15) is 19.8 Å². The highest BCUT2D eigenvalue weighted by Crippen LogP contribution is 2.24. The molecule has 3 atom stereocenters. The summed E-state index contributed by atoms with van der Waals surface area (Å²) in [6.07, 6.45) is -3.63. The second-order valence-corrected chi connectivity index (χ2v) is 5.88. The fraction of sp³-hybridized carbons (Fsp3) is 0.846. The average Bonchev–Trinajstić information content (AvgIpc) is 2.72. The number of likely N-dealkylation sites (tertiary alicyclic amines) is 1. The zero-order valence-electron chi connectivity index (χ0n) is 11.9. The molecule has 2 saturated heterocycles. The lowest BCUT2D eigenvalue weighted by Gasteiger charge is -2.31. The molecule has 5 nitrogen and oxygen atoms in total.